The van der Waals surface area contributed by atoms with Gasteiger partial charge in [0.1, 0.15) is 13.1 Å². The maximum Gasteiger partial charge on any atom is 0.102 e. The van der Waals surface area contributed by atoms with E-state index in [0.29, 0.717) is 0 Å². The average molecular weight is 228 g/mol. The van der Waals surface area contributed by atoms with Gasteiger partial charge in [0.15, 0.2) is 0 Å². The SMILES string of the molecule is OCc1ccccc1C[NH2+]Cc1ccccc1. The van der Waals surface area contributed by atoms with Crippen molar-refractivity contribution in [3.8, 4) is 0 Å². The van der Waals surface area contributed by atoms with Gasteiger partial charge < -0.3 is 10.4 Å². The van der Waals surface area contributed by atoms with E-state index in [-0.39, 0.29) is 6.61 Å². The number of hydrogen-bond donors (Lipinski definition) is 2. The zero-order valence-electron chi connectivity index (χ0n) is 9.84. The van der Waals surface area contributed by atoms with Gasteiger partial charge in [0.2, 0.25) is 0 Å². The summed E-state index contributed by atoms with van der Waals surface area (Å²) in [6.07, 6.45) is 0. The molecule has 2 aromatic rings. The molecule has 0 aliphatic rings. The highest BCUT2D eigenvalue weighted by Gasteiger charge is 2.02. The number of nitrogens with two attached hydrogens (primary N) is 1. The van der Waals surface area contributed by atoms with E-state index in [4.69, 9.17) is 0 Å². The smallest absolute Gasteiger partial charge is 0.102 e. The minimum Gasteiger partial charge on any atom is -0.392 e. The second kappa shape index (κ2) is 6.18. The molecule has 0 aliphatic carbocycles. The van der Waals surface area contributed by atoms with Crippen LogP contribution in [-0.4, -0.2) is 5.11 Å². The number of benzene rings is 2. The largest absolute Gasteiger partial charge is 0.392 e. The average Bonchev–Trinajstić information content (AvgIpc) is 2.40. The van der Waals surface area contributed by atoms with E-state index in [1.807, 2.05) is 24.3 Å². The molecule has 17 heavy (non-hydrogen) atoms. The number of hydrogen-bond acceptors (Lipinski definition) is 1. The van der Waals surface area contributed by atoms with E-state index >= 15 is 0 Å². The van der Waals surface area contributed by atoms with Gasteiger partial charge in [-0.05, 0) is 5.56 Å². The van der Waals surface area contributed by atoms with Gasteiger partial charge in [-0.15, -0.1) is 0 Å². The van der Waals surface area contributed by atoms with E-state index in [1.165, 1.54) is 11.1 Å². The van der Waals surface area contributed by atoms with Gasteiger partial charge in [0.05, 0.1) is 6.61 Å². The lowest BCUT2D eigenvalue weighted by molar-refractivity contribution is -0.686. The fourth-order valence-corrected chi connectivity index (χ4v) is 1.92. The Bertz CT molecular complexity index is 453. The monoisotopic (exact) mass is 228 g/mol. The molecule has 2 aromatic carbocycles. The van der Waals surface area contributed by atoms with Gasteiger partial charge in [0, 0.05) is 11.1 Å². The number of quaternary nitrogens is 1. The molecule has 0 heterocycles. The molecule has 0 radical (unpaired) electrons. The van der Waals surface area contributed by atoms with Crippen LogP contribution in [0, 0.1) is 0 Å². The molecule has 0 atom stereocenters. The normalized spacial score (nSPS) is 10.4. The molecular formula is C15H18NO+. The van der Waals surface area contributed by atoms with Crippen molar-refractivity contribution in [3.63, 3.8) is 0 Å². The van der Waals surface area contributed by atoms with Crippen molar-refractivity contribution in [2.45, 2.75) is 19.7 Å². The van der Waals surface area contributed by atoms with Crippen molar-refractivity contribution in [1.82, 2.24) is 0 Å². The predicted octanol–water partition coefficient (Wildman–Crippen LogP) is 1.44. The highest BCUT2D eigenvalue weighted by molar-refractivity contribution is 5.25. The first-order valence-corrected chi connectivity index (χ1v) is 5.93. The van der Waals surface area contributed by atoms with Gasteiger partial charge in [-0.2, -0.15) is 0 Å². The molecule has 0 spiro atoms. The van der Waals surface area contributed by atoms with E-state index in [9.17, 15) is 5.11 Å². The second-order valence-corrected chi connectivity index (χ2v) is 4.11. The van der Waals surface area contributed by atoms with Crippen LogP contribution in [0.1, 0.15) is 16.7 Å². The summed E-state index contributed by atoms with van der Waals surface area (Å²) in [5, 5.41) is 11.5. The Kier molecular flexibility index (Phi) is 4.30. The van der Waals surface area contributed by atoms with E-state index in [0.717, 1.165) is 18.7 Å². The number of rotatable bonds is 5. The van der Waals surface area contributed by atoms with Crippen LogP contribution in [0.5, 0.6) is 0 Å². The van der Waals surface area contributed by atoms with Crippen LogP contribution in [0.4, 0.5) is 0 Å². The van der Waals surface area contributed by atoms with Crippen LogP contribution in [0.2, 0.25) is 0 Å². The van der Waals surface area contributed by atoms with Crippen LogP contribution in [0.25, 0.3) is 0 Å². The first kappa shape index (κ1) is 11.8. The van der Waals surface area contributed by atoms with Crippen LogP contribution in [0.15, 0.2) is 54.6 Å². The minimum atomic E-state index is 0.120. The highest BCUT2D eigenvalue weighted by atomic mass is 16.3. The Labute approximate surface area is 102 Å². The van der Waals surface area contributed by atoms with Gasteiger partial charge >= 0.3 is 0 Å². The van der Waals surface area contributed by atoms with Crippen LogP contribution >= 0.6 is 0 Å². The summed E-state index contributed by atoms with van der Waals surface area (Å²) in [6, 6.07) is 18.5. The van der Waals surface area contributed by atoms with Crippen LogP contribution in [0.3, 0.4) is 0 Å². The van der Waals surface area contributed by atoms with E-state index in [2.05, 4.69) is 35.6 Å². The summed E-state index contributed by atoms with van der Waals surface area (Å²) < 4.78 is 0. The van der Waals surface area contributed by atoms with Crippen molar-refractivity contribution in [2.75, 3.05) is 0 Å². The summed E-state index contributed by atoms with van der Waals surface area (Å²) in [6.45, 7) is 2.00. The van der Waals surface area contributed by atoms with Crippen molar-refractivity contribution < 1.29 is 10.4 Å². The third-order valence-electron chi connectivity index (χ3n) is 2.88. The molecule has 0 amide bonds. The lowest BCUT2D eigenvalue weighted by Gasteiger charge is -2.06. The zero-order chi connectivity index (χ0) is 11.9. The molecule has 0 saturated heterocycles. The molecule has 2 rings (SSSR count). The van der Waals surface area contributed by atoms with Crippen LogP contribution in [-0.2, 0) is 19.7 Å². The van der Waals surface area contributed by atoms with Crippen molar-refractivity contribution in [2.24, 2.45) is 0 Å². The number of aliphatic hydroxyl groups excluding tert-OH is 1. The number of aliphatic hydroxyl groups is 1. The Hall–Kier alpha value is -1.64. The predicted molar refractivity (Wildman–Crippen MR) is 68.1 cm³/mol. The molecule has 0 aliphatic heterocycles. The topological polar surface area (TPSA) is 36.8 Å². The van der Waals surface area contributed by atoms with Gasteiger partial charge in [-0.3, -0.25) is 0 Å². The van der Waals surface area contributed by atoms with Crippen LogP contribution < -0.4 is 5.32 Å². The third kappa shape index (κ3) is 3.41. The highest BCUT2D eigenvalue weighted by Crippen LogP contribution is 2.06. The molecular weight excluding hydrogens is 210 g/mol. The van der Waals surface area contributed by atoms with Crippen molar-refractivity contribution in [3.05, 3.63) is 71.3 Å². The molecule has 2 heteroatoms. The summed E-state index contributed by atoms with van der Waals surface area (Å²) >= 11 is 0. The summed E-state index contributed by atoms with van der Waals surface area (Å²) in [4.78, 5) is 0. The lowest BCUT2D eigenvalue weighted by atomic mass is 10.1. The third-order valence-corrected chi connectivity index (χ3v) is 2.88. The zero-order valence-corrected chi connectivity index (χ0v) is 9.84. The quantitative estimate of drug-likeness (QED) is 0.798. The van der Waals surface area contributed by atoms with E-state index in [1.54, 1.807) is 0 Å². The molecule has 0 unspecified atom stereocenters. The molecule has 3 N–H and O–H groups in total. The molecule has 0 bridgehead atoms. The second-order valence-electron chi connectivity index (χ2n) is 4.11. The molecule has 88 valence electrons. The summed E-state index contributed by atoms with van der Waals surface area (Å²) in [5.41, 5.74) is 3.57. The van der Waals surface area contributed by atoms with Crippen molar-refractivity contribution in [1.29, 1.82) is 0 Å². The van der Waals surface area contributed by atoms with E-state index < -0.39 is 0 Å². The first-order chi connectivity index (χ1) is 8.40. The Morgan fingerprint density at radius 2 is 1.41 bits per heavy atom. The maximum absolute atomic E-state index is 9.22. The fraction of sp³-hybridized carbons (Fsp3) is 0.200. The minimum absolute atomic E-state index is 0.120. The van der Waals surface area contributed by atoms with Gasteiger partial charge in [-0.1, -0.05) is 54.6 Å². The van der Waals surface area contributed by atoms with Crippen molar-refractivity contribution >= 4 is 0 Å². The Morgan fingerprint density at radius 3 is 2.12 bits per heavy atom. The fourth-order valence-electron chi connectivity index (χ4n) is 1.92. The Morgan fingerprint density at radius 1 is 0.765 bits per heavy atom. The molecule has 0 aromatic heterocycles. The molecule has 0 fully saturated rings. The van der Waals surface area contributed by atoms with Gasteiger partial charge in [0.25, 0.3) is 0 Å². The first-order valence-electron chi connectivity index (χ1n) is 5.93. The lowest BCUT2D eigenvalue weighted by Crippen LogP contribution is -2.80. The molecule has 2 nitrogen and oxygen atoms in total. The van der Waals surface area contributed by atoms with Gasteiger partial charge in [-0.25, -0.2) is 0 Å². The summed E-state index contributed by atoms with van der Waals surface area (Å²) in [7, 11) is 0. The summed E-state index contributed by atoms with van der Waals surface area (Å²) in [5.74, 6) is 0. The Balaban J connectivity index is 1.90. The standard InChI is InChI=1S/C15H17NO/c17-12-15-9-5-4-8-14(15)11-16-10-13-6-2-1-3-7-13/h1-9,16-17H,10-12H2/p+1. The molecule has 0 saturated carbocycles. The maximum atomic E-state index is 9.22.